The Labute approximate surface area is 116 Å². The van der Waals surface area contributed by atoms with E-state index in [-0.39, 0.29) is 23.2 Å². The van der Waals surface area contributed by atoms with Gasteiger partial charge in [0.1, 0.15) is 6.04 Å². The molecule has 4 unspecified atom stereocenters. The molecule has 2 heterocycles. The maximum atomic E-state index is 12.6. The van der Waals surface area contributed by atoms with Gasteiger partial charge in [0, 0.05) is 11.8 Å². The summed E-state index contributed by atoms with van der Waals surface area (Å²) < 4.78 is 5.37. The topological polar surface area (TPSA) is 78.9 Å². The molecule has 2 rings (SSSR count). The molecule has 108 valence electrons. The lowest BCUT2D eigenvalue weighted by atomic mass is 10.0. The van der Waals surface area contributed by atoms with E-state index in [9.17, 15) is 14.7 Å². The van der Waals surface area contributed by atoms with Gasteiger partial charge in [-0.15, -0.1) is 11.8 Å². The molecule has 1 amide bonds. The number of ether oxygens (including phenoxy) is 1. The lowest BCUT2D eigenvalue weighted by Crippen LogP contribution is -2.51. The number of likely N-dealkylation sites (N-methyl/N-ethyl adjacent to an activating group) is 1. The van der Waals surface area contributed by atoms with Gasteiger partial charge in [0.15, 0.2) is 0 Å². The molecule has 0 saturated carbocycles. The van der Waals surface area contributed by atoms with Crippen molar-refractivity contribution in [1.29, 1.82) is 0 Å². The van der Waals surface area contributed by atoms with Gasteiger partial charge in [0.25, 0.3) is 0 Å². The van der Waals surface area contributed by atoms with Crippen molar-refractivity contribution in [3.05, 3.63) is 0 Å². The van der Waals surface area contributed by atoms with E-state index < -0.39 is 12.0 Å². The molecule has 2 fully saturated rings. The van der Waals surface area contributed by atoms with Gasteiger partial charge >= 0.3 is 5.97 Å². The number of carbonyl (C=O) groups is 2. The Balaban J connectivity index is 2.11. The van der Waals surface area contributed by atoms with Crippen molar-refractivity contribution in [1.82, 2.24) is 10.2 Å². The molecule has 2 saturated heterocycles. The number of thioether (sulfide) groups is 1. The van der Waals surface area contributed by atoms with E-state index in [2.05, 4.69) is 5.32 Å². The number of carboxylic acids is 1. The van der Waals surface area contributed by atoms with Crippen LogP contribution in [0.15, 0.2) is 0 Å². The summed E-state index contributed by atoms with van der Waals surface area (Å²) in [6, 6.07) is -0.722. The normalized spacial score (nSPS) is 34.7. The number of amides is 1. The summed E-state index contributed by atoms with van der Waals surface area (Å²) in [6.07, 6.45) is 0. The summed E-state index contributed by atoms with van der Waals surface area (Å²) in [5.74, 6) is -0.845. The van der Waals surface area contributed by atoms with E-state index in [4.69, 9.17) is 4.74 Å². The van der Waals surface area contributed by atoms with Gasteiger partial charge in [-0.05, 0) is 13.5 Å². The standard InChI is InChI=1S/C12H20N2O4S/c1-3-13-9-5-18-4-8(9)11(15)14-7(2)19-6-10(14)12(16)17/h7-10,13H,3-6H2,1-2H3,(H,16,17). The lowest BCUT2D eigenvalue weighted by Gasteiger charge is -2.29. The molecule has 0 aromatic heterocycles. The van der Waals surface area contributed by atoms with E-state index in [1.807, 2.05) is 13.8 Å². The average molecular weight is 288 g/mol. The third kappa shape index (κ3) is 2.88. The molecular weight excluding hydrogens is 268 g/mol. The summed E-state index contributed by atoms with van der Waals surface area (Å²) in [6.45, 7) is 5.51. The Morgan fingerprint density at radius 3 is 2.84 bits per heavy atom. The van der Waals surface area contributed by atoms with E-state index in [0.717, 1.165) is 6.54 Å². The summed E-state index contributed by atoms with van der Waals surface area (Å²) >= 11 is 1.51. The second kappa shape index (κ2) is 6.11. The van der Waals surface area contributed by atoms with Crippen molar-refractivity contribution in [3.8, 4) is 0 Å². The van der Waals surface area contributed by atoms with Crippen LogP contribution in [0.1, 0.15) is 13.8 Å². The average Bonchev–Trinajstić information content (AvgIpc) is 2.95. The first-order valence-corrected chi connectivity index (χ1v) is 7.58. The molecule has 2 aliphatic heterocycles. The van der Waals surface area contributed by atoms with Gasteiger partial charge < -0.3 is 20.1 Å². The Hall–Kier alpha value is -0.790. The molecule has 0 bridgehead atoms. The van der Waals surface area contributed by atoms with Crippen LogP contribution in [0.4, 0.5) is 0 Å². The zero-order valence-electron chi connectivity index (χ0n) is 11.2. The Morgan fingerprint density at radius 2 is 2.21 bits per heavy atom. The van der Waals surface area contributed by atoms with E-state index in [1.54, 1.807) is 0 Å². The number of nitrogens with zero attached hydrogens (tertiary/aromatic N) is 1. The first-order chi connectivity index (χ1) is 9.06. The van der Waals surface area contributed by atoms with Crippen molar-refractivity contribution in [2.45, 2.75) is 31.3 Å². The lowest BCUT2D eigenvalue weighted by molar-refractivity contribution is -0.151. The van der Waals surface area contributed by atoms with Crippen molar-refractivity contribution < 1.29 is 19.4 Å². The quantitative estimate of drug-likeness (QED) is 0.757. The first kappa shape index (κ1) is 14.6. The zero-order valence-corrected chi connectivity index (χ0v) is 12.0. The minimum atomic E-state index is -0.927. The molecular formula is C12H20N2O4S. The highest BCUT2D eigenvalue weighted by Gasteiger charge is 2.45. The highest BCUT2D eigenvalue weighted by molar-refractivity contribution is 8.00. The van der Waals surface area contributed by atoms with Gasteiger partial charge in [-0.1, -0.05) is 6.92 Å². The predicted molar refractivity (Wildman–Crippen MR) is 72.0 cm³/mol. The van der Waals surface area contributed by atoms with Crippen LogP contribution in [0.5, 0.6) is 0 Å². The molecule has 0 radical (unpaired) electrons. The third-order valence-corrected chi connectivity index (χ3v) is 4.84. The Bertz CT molecular complexity index is 366. The fraction of sp³-hybridized carbons (Fsp3) is 0.833. The van der Waals surface area contributed by atoms with Gasteiger partial charge in [-0.3, -0.25) is 4.79 Å². The molecule has 6 nitrogen and oxygen atoms in total. The third-order valence-electron chi connectivity index (χ3n) is 3.63. The van der Waals surface area contributed by atoms with Crippen LogP contribution in [0.2, 0.25) is 0 Å². The maximum absolute atomic E-state index is 12.6. The Kier molecular flexibility index (Phi) is 4.70. The molecule has 19 heavy (non-hydrogen) atoms. The number of carbonyl (C=O) groups excluding carboxylic acids is 1. The van der Waals surface area contributed by atoms with Crippen LogP contribution in [-0.4, -0.2) is 64.9 Å². The number of carboxylic acid groups (broad SMARTS) is 1. The van der Waals surface area contributed by atoms with Gasteiger partial charge in [0.2, 0.25) is 5.91 Å². The first-order valence-electron chi connectivity index (χ1n) is 6.54. The van der Waals surface area contributed by atoms with Crippen LogP contribution in [0.25, 0.3) is 0 Å². The molecule has 0 aromatic rings. The second-order valence-electron chi connectivity index (χ2n) is 4.84. The predicted octanol–water partition coefficient (Wildman–Crippen LogP) is -0.0145. The smallest absolute Gasteiger partial charge is 0.327 e. The molecule has 2 aliphatic rings. The monoisotopic (exact) mass is 288 g/mol. The van der Waals surface area contributed by atoms with Gasteiger partial charge in [-0.25, -0.2) is 4.79 Å². The molecule has 2 N–H and O–H groups in total. The molecule has 0 spiro atoms. The number of hydrogen-bond donors (Lipinski definition) is 2. The minimum absolute atomic E-state index is 0.00950. The minimum Gasteiger partial charge on any atom is -0.480 e. The summed E-state index contributed by atoms with van der Waals surface area (Å²) in [5.41, 5.74) is 0. The number of hydrogen-bond acceptors (Lipinski definition) is 5. The van der Waals surface area contributed by atoms with E-state index in [0.29, 0.717) is 19.0 Å². The Morgan fingerprint density at radius 1 is 1.47 bits per heavy atom. The zero-order chi connectivity index (χ0) is 14.0. The van der Waals surface area contributed by atoms with Crippen LogP contribution < -0.4 is 5.32 Å². The summed E-state index contributed by atoms with van der Waals surface area (Å²) in [5, 5.41) is 12.4. The highest BCUT2D eigenvalue weighted by atomic mass is 32.2. The number of rotatable bonds is 4. The second-order valence-corrected chi connectivity index (χ2v) is 6.19. The van der Waals surface area contributed by atoms with Gasteiger partial charge in [0.05, 0.1) is 24.5 Å². The maximum Gasteiger partial charge on any atom is 0.327 e. The van der Waals surface area contributed by atoms with Crippen LogP contribution in [-0.2, 0) is 14.3 Å². The summed E-state index contributed by atoms with van der Waals surface area (Å²) in [7, 11) is 0. The van der Waals surface area contributed by atoms with E-state index >= 15 is 0 Å². The SMILES string of the molecule is CCNC1COCC1C(=O)N1C(C)SCC1C(=O)O. The van der Waals surface area contributed by atoms with Crippen molar-refractivity contribution in [2.24, 2.45) is 5.92 Å². The largest absolute Gasteiger partial charge is 0.480 e. The van der Waals surface area contributed by atoms with Crippen LogP contribution >= 0.6 is 11.8 Å². The fourth-order valence-corrected chi connectivity index (χ4v) is 3.80. The molecule has 0 aromatic carbocycles. The fourth-order valence-electron chi connectivity index (χ4n) is 2.62. The van der Waals surface area contributed by atoms with Gasteiger partial charge in [-0.2, -0.15) is 0 Å². The van der Waals surface area contributed by atoms with Crippen molar-refractivity contribution in [2.75, 3.05) is 25.5 Å². The van der Waals surface area contributed by atoms with Crippen molar-refractivity contribution in [3.63, 3.8) is 0 Å². The number of nitrogens with one attached hydrogen (secondary N) is 1. The van der Waals surface area contributed by atoms with Crippen molar-refractivity contribution >= 4 is 23.6 Å². The highest BCUT2D eigenvalue weighted by Crippen LogP contribution is 2.31. The molecule has 7 heteroatoms. The summed E-state index contributed by atoms with van der Waals surface area (Å²) in [4.78, 5) is 25.3. The molecule has 4 atom stereocenters. The van der Waals surface area contributed by atoms with Crippen LogP contribution in [0, 0.1) is 5.92 Å². The van der Waals surface area contributed by atoms with E-state index in [1.165, 1.54) is 16.7 Å². The van der Waals surface area contributed by atoms with Crippen LogP contribution in [0.3, 0.4) is 0 Å². The molecule has 0 aliphatic carbocycles. The number of aliphatic carboxylic acids is 1.